The molecule has 0 radical (unpaired) electrons. The van der Waals surface area contributed by atoms with Crippen molar-refractivity contribution in [3.8, 4) is 0 Å². The van der Waals surface area contributed by atoms with Gasteiger partial charge < -0.3 is 15.8 Å². The molecule has 1 aliphatic heterocycles. The lowest BCUT2D eigenvalue weighted by molar-refractivity contribution is 0.0398. The maximum absolute atomic E-state index is 11.1. The molecule has 94 valence electrons. The van der Waals surface area contributed by atoms with Gasteiger partial charge in [0.2, 0.25) is 5.95 Å². The summed E-state index contributed by atoms with van der Waals surface area (Å²) in [6, 6.07) is 1.40. The van der Waals surface area contributed by atoms with E-state index in [-0.39, 0.29) is 11.5 Å². The second kappa shape index (κ2) is 5.65. The van der Waals surface area contributed by atoms with Gasteiger partial charge in [-0.25, -0.2) is 0 Å². The molecule has 7 heteroatoms. The zero-order valence-electron chi connectivity index (χ0n) is 9.61. The molecule has 1 aromatic heterocycles. The summed E-state index contributed by atoms with van der Waals surface area (Å²) in [6.07, 6.45) is 0. The standard InChI is InChI=1S/C10H17N5O2/c11-10-13-8(7-9(16)14-10)12-1-2-15-3-5-17-6-4-15/h7H,1-6H2,(H4,11,12,13,14,16). The first-order chi connectivity index (χ1) is 8.24. The van der Waals surface area contributed by atoms with Crippen LogP contribution in [0.15, 0.2) is 10.9 Å². The first-order valence-corrected chi connectivity index (χ1v) is 5.65. The normalized spacial score (nSPS) is 16.9. The van der Waals surface area contributed by atoms with Crippen LogP contribution in [0, 0.1) is 0 Å². The van der Waals surface area contributed by atoms with Crippen molar-refractivity contribution in [2.75, 3.05) is 50.4 Å². The van der Waals surface area contributed by atoms with Crippen LogP contribution in [0.3, 0.4) is 0 Å². The van der Waals surface area contributed by atoms with Crippen molar-refractivity contribution >= 4 is 11.8 Å². The molecule has 0 spiro atoms. The van der Waals surface area contributed by atoms with Crippen molar-refractivity contribution < 1.29 is 4.74 Å². The molecule has 1 aromatic rings. The Hall–Kier alpha value is -1.60. The van der Waals surface area contributed by atoms with Crippen molar-refractivity contribution in [2.24, 2.45) is 0 Å². The second-order valence-corrected chi connectivity index (χ2v) is 3.90. The van der Waals surface area contributed by atoms with Gasteiger partial charge in [-0.05, 0) is 0 Å². The molecule has 2 rings (SSSR count). The third kappa shape index (κ3) is 3.72. The highest BCUT2D eigenvalue weighted by Crippen LogP contribution is 2.00. The van der Waals surface area contributed by atoms with E-state index in [4.69, 9.17) is 10.5 Å². The predicted molar refractivity (Wildman–Crippen MR) is 65.0 cm³/mol. The number of nitrogens with two attached hydrogens (primary N) is 1. The first-order valence-electron chi connectivity index (χ1n) is 5.65. The second-order valence-electron chi connectivity index (χ2n) is 3.90. The van der Waals surface area contributed by atoms with E-state index >= 15 is 0 Å². The Bertz CT molecular complexity index is 413. The van der Waals surface area contributed by atoms with Crippen LogP contribution >= 0.6 is 0 Å². The van der Waals surface area contributed by atoms with Gasteiger partial charge in [0, 0.05) is 32.2 Å². The van der Waals surface area contributed by atoms with Crippen LogP contribution in [0.1, 0.15) is 0 Å². The zero-order chi connectivity index (χ0) is 12.1. The molecule has 0 saturated carbocycles. The monoisotopic (exact) mass is 239 g/mol. The van der Waals surface area contributed by atoms with E-state index in [1.165, 1.54) is 6.07 Å². The smallest absolute Gasteiger partial charge is 0.254 e. The summed E-state index contributed by atoms with van der Waals surface area (Å²) in [5.74, 6) is 0.644. The molecular formula is C10H17N5O2. The van der Waals surface area contributed by atoms with Gasteiger partial charge in [0.15, 0.2) is 0 Å². The lowest BCUT2D eigenvalue weighted by atomic mass is 10.4. The number of hydrogen-bond acceptors (Lipinski definition) is 6. The van der Waals surface area contributed by atoms with Gasteiger partial charge in [-0.15, -0.1) is 0 Å². The number of ether oxygens (including phenoxy) is 1. The average molecular weight is 239 g/mol. The molecule has 1 fully saturated rings. The first kappa shape index (κ1) is 11.9. The van der Waals surface area contributed by atoms with Crippen LogP contribution in [-0.4, -0.2) is 54.3 Å². The molecule has 0 aliphatic carbocycles. The summed E-state index contributed by atoms with van der Waals surface area (Å²) in [7, 11) is 0. The summed E-state index contributed by atoms with van der Waals surface area (Å²) >= 11 is 0. The summed E-state index contributed by atoms with van der Waals surface area (Å²) in [4.78, 5) is 19.8. The van der Waals surface area contributed by atoms with Crippen LogP contribution in [0.5, 0.6) is 0 Å². The number of aromatic nitrogens is 2. The van der Waals surface area contributed by atoms with Crippen molar-refractivity contribution in [1.29, 1.82) is 0 Å². The Kier molecular flexibility index (Phi) is 3.94. The molecule has 17 heavy (non-hydrogen) atoms. The van der Waals surface area contributed by atoms with E-state index in [9.17, 15) is 4.79 Å². The van der Waals surface area contributed by atoms with Crippen LogP contribution in [0.25, 0.3) is 0 Å². The number of nitrogen functional groups attached to an aromatic ring is 1. The van der Waals surface area contributed by atoms with Gasteiger partial charge in [-0.2, -0.15) is 4.98 Å². The fourth-order valence-corrected chi connectivity index (χ4v) is 1.73. The molecule has 0 aromatic carbocycles. The minimum Gasteiger partial charge on any atom is -0.379 e. The number of morpholine rings is 1. The Morgan fingerprint density at radius 1 is 1.53 bits per heavy atom. The third-order valence-electron chi connectivity index (χ3n) is 2.60. The Morgan fingerprint density at radius 2 is 2.29 bits per heavy atom. The fraction of sp³-hybridized carbons (Fsp3) is 0.600. The van der Waals surface area contributed by atoms with Crippen LogP contribution < -0.4 is 16.6 Å². The van der Waals surface area contributed by atoms with Gasteiger partial charge >= 0.3 is 0 Å². The van der Waals surface area contributed by atoms with E-state index < -0.39 is 0 Å². The topological polar surface area (TPSA) is 96.3 Å². The van der Waals surface area contributed by atoms with Crippen molar-refractivity contribution in [3.05, 3.63) is 16.4 Å². The minimum atomic E-state index is -0.244. The van der Waals surface area contributed by atoms with Crippen molar-refractivity contribution in [2.45, 2.75) is 0 Å². The van der Waals surface area contributed by atoms with E-state index in [1.54, 1.807) is 0 Å². The highest BCUT2D eigenvalue weighted by molar-refractivity contribution is 5.37. The maximum Gasteiger partial charge on any atom is 0.254 e. The van der Waals surface area contributed by atoms with Gasteiger partial charge in [-0.1, -0.05) is 0 Å². The van der Waals surface area contributed by atoms with Crippen LogP contribution in [0.4, 0.5) is 11.8 Å². The average Bonchev–Trinajstić information content (AvgIpc) is 2.29. The van der Waals surface area contributed by atoms with Gasteiger partial charge in [0.05, 0.1) is 13.2 Å². The van der Waals surface area contributed by atoms with Crippen LogP contribution in [0.2, 0.25) is 0 Å². The Morgan fingerprint density at radius 3 is 3.00 bits per heavy atom. The van der Waals surface area contributed by atoms with Crippen molar-refractivity contribution in [3.63, 3.8) is 0 Å². The third-order valence-corrected chi connectivity index (χ3v) is 2.60. The molecule has 4 N–H and O–H groups in total. The number of anilines is 2. The number of hydrogen-bond donors (Lipinski definition) is 3. The molecule has 2 heterocycles. The number of aromatic amines is 1. The molecule has 0 atom stereocenters. The summed E-state index contributed by atoms with van der Waals surface area (Å²) in [5, 5.41) is 3.08. The van der Waals surface area contributed by atoms with E-state index in [1.807, 2.05) is 0 Å². The minimum absolute atomic E-state index is 0.131. The number of nitrogens with one attached hydrogen (secondary N) is 2. The fourth-order valence-electron chi connectivity index (χ4n) is 1.73. The zero-order valence-corrected chi connectivity index (χ0v) is 9.61. The number of rotatable bonds is 4. The molecule has 7 nitrogen and oxygen atoms in total. The largest absolute Gasteiger partial charge is 0.379 e. The van der Waals surface area contributed by atoms with Gasteiger partial charge in [0.25, 0.3) is 5.56 Å². The van der Waals surface area contributed by atoms with E-state index in [0.29, 0.717) is 5.82 Å². The molecule has 0 amide bonds. The highest BCUT2D eigenvalue weighted by Gasteiger charge is 2.09. The number of nitrogens with zero attached hydrogens (tertiary/aromatic N) is 2. The number of H-pyrrole nitrogens is 1. The summed E-state index contributed by atoms with van der Waals surface area (Å²) in [5.41, 5.74) is 5.20. The Balaban J connectivity index is 1.79. The highest BCUT2D eigenvalue weighted by atomic mass is 16.5. The van der Waals surface area contributed by atoms with Gasteiger partial charge in [0.1, 0.15) is 5.82 Å². The van der Waals surface area contributed by atoms with Crippen molar-refractivity contribution in [1.82, 2.24) is 14.9 Å². The Labute approximate surface area is 99.0 Å². The molecule has 0 bridgehead atoms. The summed E-state index contributed by atoms with van der Waals surface area (Å²) in [6.45, 7) is 5.11. The quantitative estimate of drug-likeness (QED) is 0.630. The van der Waals surface area contributed by atoms with E-state index in [2.05, 4.69) is 20.2 Å². The molecule has 1 saturated heterocycles. The van der Waals surface area contributed by atoms with Crippen LogP contribution in [-0.2, 0) is 4.74 Å². The molecule has 0 unspecified atom stereocenters. The molecular weight excluding hydrogens is 222 g/mol. The lowest BCUT2D eigenvalue weighted by Gasteiger charge is -2.26. The SMILES string of the molecule is Nc1nc(NCCN2CCOCC2)cc(=O)[nH]1. The molecule has 1 aliphatic rings. The lowest BCUT2D eigenvalue weighted by Crippen LogP contribution is -2.39. The van der Waals surface area contributed by atoms with E-state index in [0.717, 1.165) is 39.4 Å². The maximum atomic E-state index is 11.1. The van der Waals surface area contributed by atoms with Gasteiger partial charge in [-0.3, -0.25) is 14.7 Å². The predicted octanol–water partition coefficient (Wildman–Crippen LogP) is -0.904. The summed E-state index contributed by atoms with van der Waals surface area (Å²) < 4.78 is 5.26.